The molecule has 0 saturated carbocycles. The van der Waals surface area contributed by atoms with Crippen molar-refractivity contribution in [1.29, 1.82) is 0 Å². The summed E-state index contributed by atoms with van der Waals surface area (Å²) in [6.45, 7) is 2.09. The van der Waals surface area contributed by atoms with Crippen LogP contribution in [0.1, 0.15) is 84.0 Å². The zero-order chi connectivity index (χ0) is 20.5. The molecule has 0 fully saturated rings. The van der Waals surface area contributed by atoms with Crippen LogP contribution in [0.25, 0.3) is 0 Å². The Balaban J connectivity index is 4.27. The first-order valence-corrected chi connectivity index (χ1v) is 9.01. The van der Waals surface area contributed by atoms with Crippen molar-refractivity contribution in [3.63, 3.8) is 0 Å². The van der Waals surface area contributed by atoms with E-state index in [0.29, 0.717) is 12.8 Å². The third kappa shape index (κ3) is 7.18. The van der Waals surface area contributed by atoms with E-state index in [1.807, 2.05) is 0 Å². The average Bonchev–Trinajstić information content (AvgIpc) is 2.50. The lowest BCUT2D eigenvalue weighted by Gasteiger charge is -2.35. The monoisotopic (exact) mass is 402 g/mol. The van der Waals surface area contributed by atoms with Crippen LogP contribution in [0.4, 0.5) is 39.5 Å². The van der Waals surface area contributed by atoms with E-state index in [9.17, 15) is 39.5 Å². The quantitative estimate of drug-likeness (QED) is 0.215. The van der Waals surface area contributed by atoms with Crippen molar-refractivity contribution in [2.75, 3.05) is 0 Å². The summed E-state index contributed by atoms with van der Waals surface area (Å²) in [6.07, 6.45) is -7.21. The third-order valence-corrected chi connectivity index (χ3v) is 4.43. The zero-order valence-electron chi connectivity index (χ0n) is 14.9. The second-order valence-corrected chi connectivity index (χ2v) is 6.66. The van der Waals surface area contributed by atoms with Crippen molar-refractivity contribution in [3.05, 3.63) is 0 Å². The predicted molar refractivity (Wildman–Crippen MR) is 82.0 cm³/mol. The van der Waals surface area contributed by atoms with Crippen molar-refractivity contribution >= 4 is 0 Å². The Morgan fingerprint density at radius 2 is 0.808 bits per heavy atom. The maximum atomic E-state index is 13.8. The Morgan fingerprint density at radius 1 is 0.462 bits per heavy atom. The van der Waals surface area contributed by atoms with Gasteiger partial charge in [0.15, 0.2) is 0 Å². The van der Waals surface area contributed by atoms with Gasteiger partial charge < -0.3 is 0 Å². The van der Waals surface area contributed by atoms with Crippen LogP contribution in [-0.2, 0) is 0 Å². The first-order chi connectivity index (χ1) is 11.8. The molecule has 0 aliphatic rings. The van der Waals surface area contributed by atoms with Gasteiger partial charge in [0.1, 0.15) is 0 Å². The van der Waals surface area contributed by atoms with E-state index in [1.54, 1.807) is 0 Å². The molecule has 0 aromatic carbocycles. The lowest BCUT2D eigenvalue weighted by atomic mass is 9.89. The first kappa shape index (κ1) is 25.4. The molecule has 0 nitrogen and oxygen atoms in total. The van der Waals surface area contributed by atoms with Crippen molar-refractivity contribution in [2.45, 2.75) is 108 Å². The lowest BCUT2D eigenvalue weighted by Crippen LogP contribution is -2.62. The second-order valence-electron chi connectivity index (χ2n) is 6.66. The van der Waals surface area contributed by atoms with Crippen LogP contribution in [-0.4, -0.2) is 23.9 Å². The van der Waals surface area contributed by atoms with Gasteiger partial charge in [-0.2, -0.15) is 35.1 Å². The van der Waals surface area contributed by atoms with E-state index in [1.165, 1.54) is 0 Å². The fraction of sp³-hybridized carbons (Fsp3) is 1.00. The number of rotatable bonds is 13. The fourth-order valence-electron chi connectivity index (χ4n) is 2.73. The van der Waals surface area contributed by atoms with Crippen LogP contribution in [0.15, 0.2) is 0 Å². The van der Waals surface area contributed by atoms with Crippen LogP contribution < -0.4 is 0 Å². The maximum absolute atomic E-state index is 13.8. The average molecular weight is 402 g/mol. The van der Waals surface area contributed by atoms with Gasteiger partial charge >= 0.3 is 18.3 Å². The molecule has 0 aliphatic heterocycles. The van der Waals surface area contributed by atoms with Gasteiger partial charge in [-0.1, -0.05) is 71.1 Å². The van der Waals surface area contributed by atoms with Crippen molar-refractivity contribution in [3.8, 4) is 0 Å². The van der Waals surface area contributed by atoms with Crippen molar-refractivity contribution in [1.82, 2.24) is 0 Å². The normalized spacial score (nSPS) is 15.9. The van der Waals surface area contributed by atoms with Crippen LogP contribution in [0.5, 0.6) is 0 Å². The van der Waals surface area contributed by atoms with Gasteiger partial charge in [0.05, 0.1) is 0 Å². The number of hydrogen-bond donors (Lipinski definition) is 0. The Labute approximate surface area is 148 Å². The highest BCUT2D eigenvalue weighted by molar-refractivity contribution is 5.03. The SMILES string of the molecule is CCCCCCCCCCCCCC(F)(C(F)(F)F)C(F)(F)C(F)(F)F. The largest absolute Gasteiger partial charge is 0.457 e. The zero-order valence-corrected chi connectivity index (χ0v) is 14.9. The van der Waals surface area contributed by atoms with Crippen LogP contribution >= 0.6 is 0 Å². The molecule has 0 aromatic rings. The summed E-state index contributed by atoms with van der Waals surface area (Å²) in [7, 11) is 0. The highest BCUT2D eigenvalue weighted by Gasteiger charge is 2.80. The molecule has 158 valence electrons. The highest BCUT2D eigenvalue weighted by Crippen LogP contribution is 2.54. The first-order valence-electron chi connectivity index (χ1n) is 9.01. The van der Waals surface area contributed by atoms with Gasteiger partial charge in [-0.25, -0.2) is 4.39 Å². The lowest BCUT2D eigenvalue weighted by molar-refractivity contribution is -0.384. The molecule has 0 amide bonds. The second kappa shape index (κ2) is 10.6. The predicted octanol–water partition coefficient (Wildman–Crippen LogP) is 8.16. The topological polar surface area (TPSA) is 0 Å². The number of hydrogen-bond acceptors (Lipinski definition) is 0. The molecule has 0 spiro atoms. The maximum Gasteiger partial charge on any atom is 0.457 e. The minimum atomic E-state index is -6.60. The number of halogens is 9. The Hall–Kier alpha value is -0.630. The summed E-state index contributed by atoms with van der Waals surface area (Å²) in [5.74, 6) is -6.48. The standard InChI is InChI=1S/C17H27F9/c1-2-3-4-5-6-7-8-9-10-11-12-13-14(18,16(21,22)23)15(19,20)17(24,25)26/h2-13H2,1H3. The third-order valence-electron chi connectivity index (χ3n) is 4.43. The van der Waals surface area contributed by atoms with E-state index in [2.05, 4.69) is 6.92 Å². The van der Waals surface area contributed by atoms with E-state index in [4.69, 9.17) is 0 Å². The Morgan fingerprint density at radius 3 is 1.12 bits per heavy atom. The van der Waals surface area contributed by atoms with Crippen LogP contribution in [0.3, 0.4) is 0 Å². The molecule has 0 aliphatic carbocycles. The molecule has 0 saturated heterocycles. The highest BCUT2D eigenvalue weighted by atomic mass is 19.4. The van der Waals surface area contributed by atoms with E-state index in [0.717, 1.165) is 44.9 Å². The van der Waals surface area contributed by atoms with Gasteiger partial charge in [0.2, 0.25) is 0 Å². The molecule has 0 radical (unpaired) electrons. The summed E-state index contributed by atoms with van der Waals surface area (Å²) in [5.41, 5.74) is -5.60. The van der Waals surface area contributed by atoms with Crippen molar-refractivity contribution < 1.29 is 39.5 Å². The molecular formula is C17H27F9. The van der Waals surface area contributed by atoms with E-state index >= 15 is 0 Å². The molecule has 0 rings (SSSR count). The molecule has 26 heavy (non-hydrogen) atoms. The molecular weight excluding hydrogens is 375 g/mol. The van der Waals surface area contributed by atoms with Gasteiger partial charge in [-0.05, 0) is 12.8 Å². The van der Waals surface area contributed by atoms with Crippen molar-refractivity contribution in [2.24, 2.45) is 0 Å². The Bertz CT molecular complexity index is 373. The summed E-state index contributed by atoms with van der Waals surface area (Å²) in [5, 5.41) is 0. The summed E-state index contributed by atoms with van der Waals surface area (Å²) in [6, 6.07) is 0. The molecule has 0 bridgehead atoms. The van der Waals surface area contributed by atoms with E-state index < -0.39 is 36.8 Å². The summed E-state index contributed by atoms with van der Waals surface area (Å²) >= 11 is 0. The summed E-state index contributed by atoms with van der Waals surface area (Å²) < 4.78 is 114. The smallest absolute Gasteiger partial charge is 0.227 e. The number of alkyl halides is 9. The number of unbranched alkanes of at least 4 members (excludes halogenated alkanes) is 10. The molecule has 1 atom stereocenters. The molecule has 0 heterocycles. The fourth-order valence-corrected chi connectivity index (χ4v) is 2.73. The molecule has 0 aromatic heterocycles. The summed E-state index contributed by atoms with van der Waals surface area (Å²) in [4.78, 5) is 0. The molecule has 0 N–H and O–H groups in total. The van der Waals surface area contributed by atoms with Gasteiger partial charge in [-0.3, -0.25) is 0 Å². The molecule has 1 unspecified atom stereocenters. The van der Waals surface area contributed by atoms with Crippen LogP contribution in [0, 0.1) is 0 Å². The molecule has 9 heteroatoms. The minimum Gasteiger partial charge on any atom is -0.227 e. The van der Waals surface area contributed by atoms with Crippen LogP contribution in [0.2, 0.25) is 0 Å². The Kier molecular flexibility index (Phi) is 10.4. The van der Waals surface area contributed by atoms with Gasteiger partial charge in [0, 0.05) is 0 Å². The van der Waals surface area contributed by atoms with E-state index in [-0.39, 0.29) is 6.42 Å². The van der Waals surface area contributed by atoms with Gasteiger partial charge in [-0.15, -0.1) is 0 Å². The van der Waals surface area contributed by atoms with Gasteiger partial charge in [0.25, 0.3) is 5.67 Å². The minimum absolute atomic E-state index is 0.0223.